The molecule has 1 aromatic rings. The van der Waals surface area contributed by atoms with Crippen molar-refractivity contribution in [2.75, 3.05) is 20.7 Å². The lowest BCUT2D eigenvalue weighted by Gasteiger charge is -2.61. The van der Waals surface area contributed by atoms with Crippen LogP contribution in [-0.2, 0) is 35.8 Å². The van der Waals surface area contributed by atoms with E-state index < -0.39 is 65.3 Å². The number of piperidine rings is 1. The van der Waals surface area contributed by atoms with E-state index in [-0.39, 0.29) is 18.2 Å². The molecule has 2 bridgehead atoms. The first-order valence-electron chi connectivity index (χ1n) is 13.8. The van der Waals surface area contributed by atoms with Gasteiger partial charge >= 0.3 is 11.9 Å². The van der Waals surface area contributed by atoms with Gasteiger partial charge in [0.2, 0.25) is 11.8 Å². The molecule has 1 spiro atoms. The quantitative estimate of drug-likeness (QED) is 0.309. The third-order valence-corrected chi connectivity index (χ3v) is 9.08. The second kappa shape index (κ2) is 10.3. The van der Waals surface area contributed by atoms with Crippen molar-refractivity contribution < 1.29 is 43.6 Å². The van der Waals surface area contributed by atoms with E-state index in [9.17, 15) is 29.4 Å². The Morgan fingerprint density at radius 3 is 2.59 bits per heavy atom. The van der Waals surface area contributed by atoms with Crippen molar-refractivity contribution in [3.05, 3.63) is 35.1 Å². The van der Waals surface area contributed by atoms with Crippen LogP contribution in [0.1, 0.15) is 51.2 Å². The summed E-state index contributed by atoms with van der Waals surface area (Å²) in [5.74, 6) is -2.56. The van der Waals surface area contributed by atoms with Gasteiger partial charge in [0.1, 0.15) is 17.8 Å². The molecule has 4 aliphatic rings. The first-order chi connectivity index (χ1) is 19.3. The van der Waals surface area contributed by atoms with Crippen molar-refractivity contribution in [3.63, 3.8) is 0 Å². The van der Waals surface area contributed by atoms with Crippen molar-refractivity contribution in [2.24, 2.45) is 5.92 Å². The van der Waals surface area contributed by atoms with E-state index in [1.165, 1.54) is 6.92 Å². The van der Waals surface area contributed by atoms with Gasteiger partial charge in [-0.15, -0.1) is 0 Å². The van der Waals surface area contributed by atoms with Crippen LogP contribution in [0.5, 0.6) is 11.5 Å². The zero-order chi connectivity index (χ0) is 29.9. The second-order valence-electron chi connectivity index (χ2n) is 11.8. The summed E-state index contributed by atoms with van der Waals surface area (Å²) >= 11 is 0. The number of hydrogen-bond donors (Lipinski definition) is 4. The topological polar surface area (TPSA) is 164 Å². The van der Waals surface area contributed by atoms with Crippen molar-refractivity contribution in [2.45, 2.75) is 81.7 Å². The fourth-order valence-corrected chi connectivity index (χ4v) is 7.15. The van der Waals surface area contributed by atoms with E-state index in [1.807, 2.05) is 19.2 Å². The number of nitrogens with zero attached hydrogens (tertiary/aromatic N) is 1. The standard InChI is InChI=1S/C29H37N3O9/c1-14(2)23(27(36)37)31-26(35)17(30-15(3)33)13-21(34)40-19-8-9-29(38)20-12-16-6-7-18(39-5)24-22(16)28(29,25(19)41-24)10-11-32(20)4/h6-8,14,17,20,23,25,38H,9-13H2,1-5H3,(H,30,33)(H,31,35)(H,36,37)/t17?,20?,23?,25-,28-,29+/m0/s1. The van der Waals surface area contributed by atoms with E-state index in [0.717, 1.165) is 11.1 Å². The minimum absolute atomic E-state index is 0.168. The summed E-state index contributed by atoms with van der Waals surface area (Å²) < 4.78 is 17.9. The maximum atomic E-state index is 13.2. The lowest BCUT2D eigenvalue weighted by Crippen LogP contribution is -2.74. The first kappa shape index (κ1) is 28.9. The number of amides is 2. The molecule has 222 valence electrons. The predicted molar refractivity (Wildman–Crippen MR) is 144 cm³/mol. The number of aliphatic carboxylic acids is 1. The number of carbonyl (C=O) groups is 4. The van der Waals surface area contributed by atoms with E-state index in [1.54, 1.807) is 27.0 Å². The van der Waals surface area contributed by atoms with Crippen molar-refractivity contribution in [3.8, 4) is 11.5 Å². The molecule has 2 aliphatic heterocycles. The maximum Gasteiger partial charge on any atom is 0.326 e. The number of likely N-dealkylation sites (tertiary alicyclic amines) is 1. The van der Waals surface area contributed by atoms with Crippen LogP contribution >= 0.6 is 0 Å². The lowest BCUT2D eigenvalue weighted by molar-refractivity contribution is -0.169. The Balaban J connectivity index is 1.43. The minimum atomic E-state index is -1.35. The number of rotatable bonds is 9. The van der Waals surface area contributed by atoms with Crippen LogP contribution < -0.4 is 20.1 Å². The number of carboxylic acids is 1. The van der Waals surface area contributed by atoms with Crippen molar-refractivity contribution >= 4 is 23.8 Å². The average molecular weight is 572 g/mol. The van der Waals surface area contributed by atoms with E-state index in [2.05, 4.69) is 15.5 Å². The van der Waals surface area contributed by atoms with Crippen LogP contribution in [0.25, 0.3) is 0 Å². The highest BCUT2D eigenvalue weighted by Gasteiger charge is 2.72. The average Bonchev–Trinajstić information content (AvgIpc) is 3.25. The number of benzene rings is 1. The van der Waals surface area contributed by atoms with Crippen LogP contribution in [0.4, 0.5) is 0 Å². The Bertz CT molecular complexity index is 1330. The molecule has 2 aliphatic carbocycles. The first-order valence-corrected chi connectivity index (χ1v) is 13.8. The largest absolute Gasteiger partial charge is 0.493 e. The van der Waals surface area contributed by atoms with Crippen molar-refractivity contribution in [1.82, 2.24) is 15.5 Å². The summed E-state index contributed by atoms with van der Waals surface area (Å²) in [6.07, 6.45) is 1.75. The van der Waals surface area contributed by atoms with Crippen LogP contribution in [-0.4, -0.2) is 89.4 Å². The van der Waals surface area contributed by atoms with E-state index in [4.69, 9.17) is 14.2 Å². The maximum absolute atomic E-state index is 13.2. The number of esters is 1. The predicted octanol–water partition coefficient (Wildman–Crippen LogP) is 0.636. The van der Waals surface area contributed by atoms with E-state index in [0.29, 0.717) is 30.9 Å². The highest BCUT2D eigenvalue weighted by Crippen LogP contribution is 2.65. The summed E-state index contributed by atoms with van der Waals surface area (Å²) in [6, 6.07) is 1.12. The molecule has 1 fully saturated rings. The highest BCUT2D eigenvalue weighted by molar-refractivity contribution is 5.93. The van der Waals surface area contributed by atoms with Gasteiger partial charge in [-0.25, -0.2) is 4.79 Å². The monoisotopic (exact) mass is 571 g/mol. The number of hydrogen-bond acceptors (Lipinski definition) is 9. The van der Waals surface area contributed by atoms with Gasteiger partial charge in [0.05, 0.1) is 24.5 Å². The molecule has 5 rings (SSSR count). The smallest absolute Gasteiger partial charge is 0.326 e. The van der Waals surface area contributed by atoms with E-state index >= 15 is 0 Å². The Kier molecular flexibility index (Phi) is 7.27. The molecule has 4 N–H and O–H groups in total. The molecular weight excluding hydrogens is 534 g/mol. The SMILES string of the molecule is COc1ccc2c3c1O[C@H]1C(OC(=O)CC(NC(C)=O)C(=O)NC(C(=O)O)C(C)C)=CC[C@@]4(O)C(C2)N(C)CC[C@]314. The summed E-state index contributed by atoms with van der Waals surface area (Å²) in [5.41, 5.74) is -0.101. The van der Waals surface area contributed by atoms with Gasteiger partial charge in [-0.1, -0.05) is 19.9 Å². The number of ether oxygens (including phenoxy) is 3. The van der Waals surface area contributed by atoms with Gasteiger partial charge in [0.25, 0.3) is 0 Å². The Labute approximate surface area is 238 Å². The molecule has 0 radical (unpaired) electrons. The van der Waals surface area contributed by atoms with Gasteiger partial charge in [0, 0.05) is 24.9 Å². The normalized spacial score (nSPS) is 28.9. The molecule has 12 nitrogen and oxygen atoms in total. The fraction of sp³-hybridized carbons (Fsp3) is 0.586. The molecule has 0 saturated carbocycles. The Morgan fingerprint density at radius 2 is 1.95 bits per heavy atom. The zero-order valence-corrected chi connectivity index (χ0v) is 23.9. The zero-order valence-electron chi connectivity index (χ0n) is 23.9. The lowest BCUT2D eigenvalue weighted by atomic mass is 9.50. The molecule has 6 atom stereocenters. The van der Waals surface area contributed by atoms with Crippen molar-refractivity contribution in [1.29, 1.82) is 0 Å². The van der Waals surface area contributed by atoms with Gasteiger partial charge in [-0.05, 0) is 50.1 Å². The highest BCUT2D eigenvalue weighted by atomic mass is 16.6. The van der Waals surface area contributed by atoms with Crippen LogP contribution in [0.2, 0.25) is 0 Å². The fourth-order valence-electron chi connectivity index (χ4n) is 7.15. The number of aliphatic hydroxyl groups is 1. The van der Waals surface area contributed by atoms with Crippen LogP contribution in [0.3, 0.4) is 0 Å². The summed E-state index contributed by atoms with van der Waals surface area (Å²) in [5, 5.41) is 26.6. The molecule has 12 heteroatoms. The Hall–Kier alpha value is -3.64. The molecule has 2 amide bonds. The minimum Gasteiger partial charge on any atom is -0.493 e. The molecule has 0 aromatic heterocycles. The number of nitrogens with one attached hydrogen (secondary N) is 2. The van der Waals surface area contributed by atoms with Crippen LogP contribution in [0.15, 0.2) is 24.0 Å². The Morgan fingerprint density at radius 1 is 1.22 bits per heavy atom. The molecular formula is C29H37N3O9. The summed E-state index contributed by atoms with van der Waals surface area (Å²) in [7, 11) is 3.54. The summed E-state index contributed by atoms with van der Waals surface area (Å²) in [6.45, 7) is 5.17. The second-order valence-corrected chi connectivity index (χ2v) is 11.8. The molecule has 3 unspecified atom stereocenters. The molecule has 2 heterocycles. The third kappa shape index (κ3) is 4.44. The summed E-state index contributed by atoms with van der Waals surface area (Å²) in [4.78, 5) is 51.8. The van der Waals surface area contributed by atoms with Gasteiger partial charge in [-0.2, -0.15) is 0 Å². The van der Waals surface area contributed by atoms with Gasteiger partial charge in [0.15, 0.2) is 17.6 Å². The van der Waals surface area contributed by atoms with Crippen LogP contribution in [0, 0.1) is 5.92 Å². The molecule has 1 saturated heterocycles. The number of carboxylic acid groups (broad SMARTS) is 1. The van der Waals surface area contributed by atoms with Gasteiger partial charge in [-0.3, -0.25) is 14.4 Å². The number of methoxy groups -OCH3 is 1. The third-order valence-electron chi connectivity index (χ3n) is 9.08. The molecule has 1 aromatic carbocycles. The molecule has 41 heavy (non-hydrogen) atoms. The van der Waals surface area contributed by atoms with Gasteiger partial charge < -0.3 is 40.0 Å². The number of likely N-dealkylation sites (N-methyl/N-ethyl adjacent to an activating group) is 1. The number of carbonyl (C=O) groups excluding carboxylic acids is 3.